The summed E-state index contributed by atoms with van der Waals surface area (Å²) in [7, 11) is 0. The van der Waals surface area contributed by atoms with E-state index in [9.17, 15) is 4.79 Å². The van der Waals surface area contributed by atoms with Crippen molar-refractivity contribution in [2.75, 3.05) is 5.32 Å². The van der Waals surface area contributed by atoms with Gasteiger partial charge in [-0.15, -0.1) is 5.10 Å². The molecule has 10 heteroatoms. The van der Waals surface area contributed by atoms with Gasteiger partial charge in [0.2, 0.25) is 5.95 Å². The number of hydrogen-bond acceptors (Lipinski definition) is 6. The van der Waals surface area contributed by atoms with Crippen LogP contribution in [0.3, 0.4) is 0 Å². The highest BCUT2D eigenvalue weighted by Crippen LogP contribution is 2.23. The van der Waals surface area contributed by atoms with Crippen molar-refractivity contribution in [3.8, 4) is 5.75 Å². The van der Waals surface area contributed by atoms with Crippen LogP contribution in [0.15, 0.2) is 53.3 Å². The first kappa shape index (κ1) is 21.9. The van der Waals surface area contributed by atoms with Crippen molar-refractivity contribution in [2.24, 2.45) is 0 Å². The highest BCUT2D eigenvalue weighted by Gasteiger charge is 2.22. The second-order valence-electron chi connectivity index (χ2n) is 7.09. The zero-order valence-corrected chi connectivity index (χ0v) is 18.8. The Balaban J connectivity index is 1.43. The number of halogens is 2. The Morgan fingerprint density at radius 1 is 1.16 bits per heavy atom. The van der Waals surface area contributed by atoms with Gasteiger partial charge in [-0.1, -0.05) is 52.6 Å². The summed E-state index contributed by atoms with van der Waals surface area (Å²) in [6.07, 6.45) is 1.51. The Bertz CT molecular complexity index is 1270. The SMILES string of the molecule is Cc1ccccc1OCc1c(C(=O)Nc2ncn(Cc3ccc(Cl)c(Cl)c3)n2)noc1C. The van der Waals surface area contributed by atoms with E-state index in [0.717, 1.165) is 16.9 Å². The fourth-order valence-corrected chi connectivity index (χ4v) is 3.34. The number of nitrogens with one attached hydrogen (secondary N) is 1. The number of benzene rings is 2. The average molecular weight is 472 g/mol. The van der Waals surface area contributed by atoms with Gasteiger partial charge in [0.15, 0.2) is 5.69 Å². The van der Waals surface area contributed by atoms with Crippen LogP contribution in [0.5, 0.6) is 5.75 Å². The number of nitrogens with zero attached hydrogens (tertiary/aromatic N) is 4. The van der Waals surface area contributed by atoms with E-state index in [1.54, 1.807) is 23.7 Å². The molecule has 0 radical (unpaired) electrons. The molecule has 0 saturated carbocycles. The molecule has 0 bridgehead atoms. The van der Waals surface area contributed by atoms with Crippen molar-refractivity contribution in [2.45, 2.75) is 27.0 Å². The molecule has 1 amide bonds. The van der Waals surface area contributed by atoms with E-state index in [2.05, 4.69) is 20.6 Å². The van der Waals surface area contributed by atoms with Gasteiger partial charge in [0.25, 0.3) is 5.91 Å². The van der Waals surface area contributed by atoms with Crippen LogP contribution < -0.4 is 10.1 Å². The number of para-hydroxylation sites is 1. The van der Waals surface area contributed by atoms with E-state index in [0.29, 0.717) is 27.9 Å². The van der Waals surface area contributed by atoms with E-state index in [-0.39, 0.29) is 18.2 Å². The molecule has 164 valence electrons. The topological polar surface area (TPSA) is 95.1 Å². The Labute approximate surface area is 194 Å². The lowest BCUT2D eigenvalue weighted by molar-refractivity contribution is 0.101. The van der Waals surface area contributed by atoms with Crippen LogP contribution in [-0.2, 0) is 13.2 Å². The smallest absolute Gasteiger partial charge is 0.280 e. The number of anilines is 1. The predicted molar refractivity (Wildman–Crippen MR) is 120 cm³/mol. The third kappa shape index (κ3) is 4.92. The molecule has 0 saturated heterocycles. The highest BCUT2D eigenvalue weighted by molar-refractivity contribution is 6.42. The Morgan fingerprint density at radius 3 is 2.75 bits per heavy atom. The van der Waals surface area contributed by atoms with Crippen LogP contribution in [-0.4, -0.2) is 25.8 Å². The molecule has 2 heterocycles. The number of rotatable bonds is 7. The summed E-state index contributed by atoms with van der Waals surface area (Å²) in [4.78, 5) is 16.9. The van der Waals surface area contributed by atoms with Gasteiger partial charge in [-0.05, 0) is 43.2 Å². The first-order chi connectivity index (χ1) is 15.4. The molecule has 0 aliphatic rings. The Kier molecular flexibility index (Phi) is 6.43. The molecule has 0 aliphatic heterocycles. The number of aromatic nitrogens is 4. The maximum atomic E-state index is 12.8. The van der Waals surface area contributed by atoms with Crippen molar-refractivity contribution >= 4 is 35.1 Å². The minimum absolute atomic E-state index is 0.122. The molecule has 0 aliphatic carbocycles. The molecule has 0 unspecified atom stereocenters. The molecule has 1 N–H and O–H groups in total. The lowest BCUT2D eigenvalue weighted by atomic mass is 10.2. The predicted octanol–water partition coefficient (Wildman–Crippen LogP) is 5.07. The second-order valence-corrected chi connectivity index (χ2v) is 7.90. The number of hydrogen-bond donors (Lipinski definition) is 1. The van der Waals surface area contributed by atoms with Gasteiger partial charge < -0.3 is 9.26 Å². The summed E-state index contributed by atoms with van der Waals surface area (Å²) in [5.74, 6) is 0.878. The maximum Gasteiger partial charge on any atom is 0.280 e. The molecule has 32 heavy (non-hydrogen) atoms. The normalized spacial score (nSPS) is 10.9. The minimum Gasteiger partial charge on any atom is -0.488 e. The first-order valence-electron chi connectivity index (χ1n) is 9.69. The van der Waals surface area contributed by atoms with Crippen LogP contribution in [0.25, 0.3) is 0 Å². The highest BCUT2D eigenvalue weighted by atomic mass is 35.5. The van der Waals surface area contributed by atoms with E-state index in [4.69, 9.17) is 32.5 Å². The summed E-state index contributed by atoms with van der Waals surface area (Å²) in [6.45, 7) is 4.23. The van der Waals surface area contributed by atoms with E-state index in [1.165, 1.54) is 6.33 Å². The first-order valence-corrected chi connectivity index (χ1v) is 10.4. The monoisotopic (exact) mass is 471 g/mol. The molecule has 4 aromatic rings. The maximum absolute atomic E-state index is 12.8. The van der Waals surface area contributed by atoms with Gasteiger partial charge >= 0.3 is 0 Å². The Hall–Kier alpha value is -3.36. The van der Waals surface area contributed by atoms with Crippen LogP contribution in [0.4, 0.5) is 5.95 Å². The van der Waals surface area contributed by atoms with Gasteiger partial charge in [0, 0.05) is 0 Å². The Morgan fingerprint density at radius 2 is 1.97 bits per heavy atom. The van der Waals surface area contributed by atoms with Crippen LogP contribution >= 0.6 is 23.2 Å². The fourth-order valence-electron chi connectivity index (χ4n) is 3.02. The summed E-state index contributed by atoms with van der Waals surface area (Å²) in [5.41, 5.74) is 2.56. The third-order valence-corrected chi connectivity index (χ3v) is 5.49. The van der Waals surface area contributed by atoms with Crippen LogP contribution in [0.2, 0.25) is 10.0 Å². The van der Waals surface area contributed by atoms with E-state index in [1.807, 2.05) is 37.3 Å². The van der Waals surface area contributed by atoms with Gasteiger partial charge in [-0.2, -0.15) is 0 Å². The molecule has 4 rings (SSSR count). The standard InChI is InChI=1S/C22H19Cl2N5O3/c1-13-5-3-4-6-19(13)31-11-16-14(2)32-28-20(16)21(30)26-22-25-12-29(27-22)10-15-7-8-17(23)18(24)9-15/h3-9,12H,10-11H2,1-2H3,(H,26,27,30). The molecular weight excluding hydrogens is 453 g/mol. The van der Waals surface area contributed by atoms with Crippen molar-refractivity contribution in [3.05, 3.63) is 87.0 Å². The van der Waals surface area contributed by atoms with E-state index < -0.39 is 5.91 Å². The number of aryl methyl sites for hydroxylation is 2. The molecule has 8 nitrogen and oxygen atoms in total. The van der Waals surface area contributed by atoms with Crippen molar-refractivity contribution in [1.82, 2.24) is 19.9 Å². The molecule has 0 spiro atoms. The van der Waals surface area contributed by atoms with E-state index >= 15 is 0 Å². The van der Waals surface area contributed by atoms with Crippen molar-refractivity contribution < 1.29 is 14.1 Å². The molecule has 2 aromatic carbocycles. The molecule has 0 atom stereocenters. The number of carbonyl (C=O) groups excluding carboxylic acids is 1. The quantitative estimate of drug-likeness (QED) is 0.404. The fraction of sp³-hybridized carbons (Fsp3) is 0.182. The van der Waals surface area contributed by atoms with Crippen LogP contribution in [0.1, 0.15) is 32.9 Å². The number of ether oxygens (including phenoxy) is 1. The second kappa shape index (κ2) is 9.42. The molecular formula is C22H19Cl2N5O3. The largest absolute Gasteiger partial charge is 0.488 e. The number of amides is 1. The third-order valence-electron chi connectivity index (χ3n) is 4.76. The zero-order chi connectivity index (χ0) is 22.7. The lowest BCUT2D eigenvalue weighted by Gasteiger charge is -2.08. The minimum atomic E-state index is -0.488. The average Bonchev–Trinajstić information content (AvgIpc) is 3.36. The van der Waals surface area contributed by atoms with Gasteiger partial charge in [-0.3, -0.25) is 10.1 Å². The summed E-state index contributed by atoms with van der Waals surface area (Å²) in [5, 5.41) is 11.7. The molecule has 0 fully saturated rings. The zero-order valence-electron chi connectivity index (χ0n) is 17.3. The van der Waals surface area contributed by atoms with Gasteiger partial charge in [0.05, 0.1) is 22.2 Å². The summed E-state index contributed by atoms with van der Waals surface area (Å²) < 4.78 is 12.6. The lowest BCUT2D eigenvalue weighted by Crippen LogP contribution is -2.16. The van der Waals surface area contributed by atoms with Gasteiger partial charge in [0.1, 0.15) is 24.4 Å². The number of carbonyl (C=O) groups is 1. The van der Waals surface area contributed by atoms with Crippen molar-refractivity contribution in [1.29, 1.82) is 0 Å². The summed E-state index contributed by atoms with van der Waals surface area (Å²) in [6, 6.07) is 12.9. The summed E-state index contributed by atoms with van der Waals surface area (Å²) >= 11 is 12.0. The van der Waals surface area contributed by atoms with Gasteiger partial charge in [-0.25, -0.2) is 9.67 Å². The van der Waals surface area contributed by atoms with Crippen LogP contribution in [0, 0.1) is 13.8 Å². The molecule has 2 aromatic heterocycles. The van der Waals surface area contributed by atoms with Crippen molar-refractivity contribution in [3.63, 3.8) is 0 Å².